The highest BCUT2D eigenvalue weighted by Crippen LogP contribution is 2.46. The number of amides is 3. The summed E-state index contributed by atoms with van der Waals surface area (Å²) in [4.78, 5) is 38.6. The van der Waals surface area contributed by atoms with Gasteiger partial charge in [-0.3, -0.25) is 9.59 Å². The van der Waals surface area contributed by atoms with Crippen LogP contribution >= 0.6 is 11.6 Å². The van der Waals surface area contributed by atoms with Crippen LogP contribution in [0.2, 0.25) is 5.02 Å². The Hall–Kier alpha value is -2.79. The number of ether oxygens (including phenoxy) is 1. The Morgan fingerprint density at radius 2 is 1.95 bits per heavy atom. The summed E-state index contributed by atoms with van der Waals surface area (Å²) in [7, 11) is 0. The molecule has 3 atom stereocenters. The van der Waals surface area contributed by atoms with Gasteiger partial charge < -0.3 is 20.7 Å². The van der Waals surface area contributed by atoms with Crippen LogP contribution in [0.5, 0.6) is 0 Å². The molecule has 0 aromatic heterocycles. The molecule has 0 unspecified atom stereocenters. The minimum absolute atomic E-state index is 0.0390. The Labute approximate surface area is 236 Å². The van der Waals surface area contributed by atoms with Crippen LogP contribution in [0, 0.1) is 28.6 Å². The summed E-state index contributed by atoms with van der Waals surface area (Å²) in [6, 6.07) is 8.15. The second-order valence-corrected chi connectivity index (χ2v) is 13.0. The van der Waals surface area contributed by atoms with Crippen molar-refractivity contribution in [1.82, 2.24) is 16.0 Å². The predicted octanol–water partition coefficient (Wildman–Crippen LogP) is 5.04. The van der Waals surface area contributed by atoms with Crippen molar-refractivity contribution in [3.05, 3.63) is 34.9 Å². The molecule has 8 nitrogen and oxygen atoms in total. The molecule has 9 heteroatoms. The number of nitrogens with one attached hydrogen (secondary N) is 3. The second-order valence-electron chi connectivity index (χ2n) is 12.6. The number of nitrogens with zero attached hydrogens (tertiary/aromatic N) is 1. The van der Waals surface area contributed by atoms with Crippen molar-refractivity contribution in [2.45, 2.75) is 102 Å². The molecule has 1 aromatic carbocycles. The highest BCUT2D eigenvalue weighted by Gasteiger charge is 2.52. The van der Waals surface area contributed by atoms with E-state index >= 15 is 0 Å². The smallest absolute Gasteiger partial charge is 0.407 e. The second kappa shape index (κ2) is 12.6. The molecule has 1 aromatic rings. The summed E-state index contributed by atoms with van der Waals surface area (Å²) in [6.07, 6.45) is 8.89. The van der Waals surface area contributed by atoms with Gasteiger partial charge in [0, 0.05) is 21.9 Å². The van der Waals surface area contributed by atoms with E-state index in [1.54, 1.807) is 0 Å². The van der Waals surface area contributed by atoms with Crippen molar-refractivity contribution in [3.63, 3.8) is 0 Å². The van der Waals surface area contributed by atoms with Crippen LogP contribution in [0.25, 0.3) is 0 Å². The van der Waals surface area contributed by atoms with Gasteiger partial charge >= 0.3 is 6.09 Å². The quantitative estimate of drug-likeness (QED) is 0.352. The lowest BCUT2D eigenvalue weighted by Crippen LogP contribution is -2.51. The van der Waals surface area contributed by atoms with Gasteiger partial charge in [0.05, 0.1) is 12.7 Å². The van der Waals surface area contributed by atoms with Gasteiger partial charge in [-0.15, -0.1) is 0 Å². The largest absolute Gasteiger partial charge is 0.449 e. The molecular formula is C30H41ClN4O4. The number of alkyl carbamates (subject to hydrolysis) is 1. The maximum Gasteiger partial charge on any atom is 0.407 e. The zero-order valence-electron chi connectivity index (χ0n) is 23.1. The molecule has 3 N–H and O–H groups in total. The van der Waals surface area contributed by atoms with E-state index in [2.05, 4.69) is 22.0 Å². The minimum atomic E-state index is -0.806. The van der Waals surface area contributed by atoms with Gasteiger partial charge in [-0.05, 0) is 62.1 Å². The Bertz CT molecular complexity index is 1090. The normalized spacial score (nSPS) is 21.9. The molecule has 1 spiro atoms. The molecule has 39 heavy (non-hydrogen) atoms. The van der Waals surface area contributed by atoms with E-state index in [0.29, 0.717) is 30.2 Å². The van der Waals surface area contributed by atoms with E-state index in [4.69, 9.17) is 16.3 Å². The third kappa shape index (κ3) is 8.60. The molecule has 0 bridgehead atoms. The van der Waals surface area contributed by atoms with Crippen LogP contribution in [-0.4, -0.2) is 42.1 Å². The SMILES string of the molecule is CC(C)(COC(=O)N[C@@H](CC1CCCCC1)C(=O)N[C@H](C#N)C[C@H]1CC2(CC2)NC1=O)Cc1cccc(Cl)c1. The van der Waals surface area contributed by atoms with E-state index in [1.165, 1.54) is 6.42 Å². The number of benzene rings is 1. The maximum absolute atomic E-state index is 13.3. The number of rotatable bonds is 11. The molecular weight excluding hydrogens is 516 g/mol. The fourth-order valence-electron chi connectivity index (χ4n) is 6.03. The van der Waals surface area contributed by atoms with E-state index in [1.807, 2.05) is 38.1 Å². The monoisotopic (exact) mass is 556 g/mol. The highest BCUT2D eigenvalue weighted by molar-refractivity contribution is 6.30. The molecule has 2 saturated carbocycles. The van der Waals surface area contributed by atoms with Crippen molar-refractivity contribution in [2.24, 2.45) is 17.3 Å². The lowest BCUT2D eigenvalue weighted by Gasteiger charge is -2.28. The molecule has 1 saturated heterocycles. The van der Waals surface area contributed by atoms with Gasteiger partial charge in [0.2, 0.25) is 11.8 Å². The Morgan fingerprint density at radius 3 is 2.59 bits per heavy atom. The van der Waals surface area contributed by atoms with Crippen LogP contribution < -0.4 is 16.0 Å². The molecule has 1 aliphatic heterocycles. The first-order valence-corrected chi connectivity index (χ1v) is 14.6. The van der Waals surface area contributed by atoms with Crippen LogP contribution in [0.3, 0.4) is 0 Å². The summed E-state index contributed by atoms with van der Waals surface area (Å²) in [6.45, 7) is 4.19. The molecule has 3 aliphatic rings. The third-order valence-corrected chi connectivity index (χ3v) is 8.55. The van der Waals surface area contributed by atoms with Gasteiger partial charge in [0.25, 0.3) is 0 Å². The Balaban J connectivity index is 1.33. The van der Waals surface area contributed by atoms with Gasteiger partial charge in [0.1, 0.15) is 12.1 Å². The summed E-state index contributed by atoms with van der Waals surface area (Å²) in [5, 5.41) is 19.0. The van der Waals surface area contributed by atoms with Crippen molar-refractivity contribution in [3.8, 4) is 6.07 Å². The van der Waals surface area contributed by atoms with Crippen LogP contribution in [-0.2, 0) is 20.7 Å². The van der Waals surface area contributed by atoms with Crippen molar-refractivity contribution >= 4 is 29.5 Å². The molecule has 4 rings (SSSR count). The number of carbonyl (C=O) groups is 3. The van der Waals surface area contributed by atoms with Gasteiger partial charge in [-0.1, -0.05) is 69.7 Å². The average molecular weight is 557 g/mol. The van der Waals surface area contributed by atoms with Crippen molar-refractivity contribution < 1.29 is 19.1 Å². The van der Waals surface area contributed by atoms with E-state index < -0.39 is 24.1 Å². The fraction of sp³-hybridized carbons (Fsp3) is 0.667. The average Bonchev–Trinajstić information content (AvgIpc) is 3.57. The number of hydrogen-bond donors (Lipinski definition) is 3. The maximum atomic E-state index is 13.3. The van der Waals surface area contributed by atoms with Crippen LogP contribution in [0.4, 0.5) is 4.79 Å². The first-order chi connectivity index (χ1) is 18.6. The Kier molecular flexibility index (Phi) is 9.43. The standard InChI is InChI=1S/C30H41ClN4O4/c1-29(2,16-21-9-6-10-23(31)13-21)19-39-28(38)34-25(14-20-7-4-3-5-8-20)27(37)33-24(18-32)15-22-17-30(11-12-30)35-26(22)36/h6,9-10,13,20,22,24-25H,3-5,7-8,11-12,14-17,19H2,1-2H3,(H,33,37)(H,34,38)(H,35,36)/t22-,24-,25-/m0/s1. The van der Waals surface area contributed by atoms with E-state index in [9.17, 15) is 19.6 Å². The Morgan fingerprint density at radius 1 is 1.21 bits per heavy atom. The summed E-state index contributed by atoms with van der Waals surface area (Å²) >= 11 is 6.11. The molecule has 1 heterocycles. The van der Waals surface area contributed by atoms with Crippen LogP contribution in [0.15, 0.2) is 24.3 Å². The van der Waals surface area contributed by atoms with Crippen molar-refractivity contribution in [1.29, 1.82) is 5.26 Å². The van der Waals surface area contributed by atoms with Crippen LogP contribution in [0.1, 0.15) is 83.6 Å². The van der Waals surface area contributed by atoms with Crippen molar-refractivity contribution in [2.75, 3.05) is 6.61 Å². The fourth-order valence-corrected chi connectivity index (χ4v) is 6.25. The van der Waals surface area contributed by atoms with Gasteiger partial charge in [0.15, 0.2) is 0 Å². The predicted molar refractivity (Wildman–Crippen MR) is 149 cm³/mol. The molecule has 3 amide bonds. The number of hydrogen-bond acceptors (Lipinski definition) is 5. The number of nitriles is 1. The highest BCUT2D eigenvalue weighted by atomic mass is 35.5. The summed E-state index contributed by atoms with van der Waals surface area (Å²) < 4.78 is 5.58. The van der Waals surface area contributed by atoms with E-state index in [-0.39, 0.29) is 35.8 Å². The van der Waals surface area contributed by atoms with E-state index in [0.717, 1.165) is 44.1 Å². The third-order valence-electron chi connectivity index (χ3n) is 8.31. The molecule has 2 aliphatic carbocycles. The molecule has 3 fully saturated rings. The zero-order chi connectivity index (χ0) is 28.0. The topological polar surface area (TPSA) is 120 Å². The van der Waals surface area contributed by atoms with Gasteiger partial charge in [-0.25, -0.2) is 4.79 Å². The minimum Gasteiger partial charge on any atom is -0.449 e. The first-order valence-electron chi connectivity index (χ1n) is 14.3. The summed E-state index contributed by atoms with van der Waals surface area (Å²) in [5.74, 6) is -0.400. The summed E-state index contributed by atoms with van der Waals surface area (Å²) in [5.41, 5.74) is 0.633. The van der Waals surface area contributed by atoms with Gasteiger partial charge in [-0.2, -0.15) is 5.26 Å². The number of carbonyl (C=O) groups excluding carboxylic acids is 3. The number of halogens is 1. The molecule has 212 valence electrons. The first kappa shape index (κ1) is 29.2. The lowest BCUT2D eigenvalue weighted by atomic mass is 9.84. The zero-order valence-corrected chi connectivity index (χ0v) is 23.8. The lowest BCUT2D eigenvalue weighted by molar-refractivity contribution is -0.125. The molecule has 0 radical (unpaired) electrons.